The Hall–Kier alpha value is -2.46. The Morgan fingerprint density at radius 2 is 1.89 bits per heavy atom. The number of amides is 1. The number of fused-ring (bicyclic) bond motifs is 3. The van der Waals surface area contributed by atoms with Gasteiger partial charge in [-0.25, -0.2) is 0 Å². The van der Waals surface area contributed by atoms with Crippen LogP contribution < -0.4 is 0 Å². The number of hydrogen-bond donors (Lipinski definition) is 1. The molecule has 3 atom stereocenters. The molecule has 0 saturated carbocycles. The Kier molecular flexibility index (Phi) is 4.13. The molecule has 2 heterocycles. The van der Waals surface area contributed by atoms with Crippen molar-refractivity contribution >= 4 is 11.7 Å². The second kappa shape index (κ2) is 6.56. The summed E-state index contributed by atoms with van der Waals surface area (Å²) in [5, 5.41) is 10.4. The predicted octanol–water partition coefficient (Wildman–Crippen LogP) is 3.41. The van der Waals surface area contributed by atoms with Crippen LogP contribution in [0.25, 0.3) is 0 Å². The summed E-state index contributed by atoms with van der Waals surface area (Å²) >= 11 is 0. The molecule has 1 amide bonds. The molecule has 3 aliphatic rings. The minimum Gasteiger partial charge on any atom is -0.396 e. The van der Waals surface area contributed by atoms with Gasteiger partial charge in [-0.1, -0.05) is 42.5 Å². The van der Waals surface area contributed by atoms with Gasteiger partial charge in [0, 0.05) is 35.0 Å². The lowest BCUT2D eigenvalue weighted by atomic mass is 9.70. The van der Waals surface area contributed by atoms with Crippen molar-refractivity contribution in [2.75, 3.05) is 6.61 Å². The zero-order valence-corrected chi connectivity index (χ0v) is 15.9. The summed E-state index contributed by atoms with van der Waals surface area (Å²) in [6.07, 6.45) is 4.75. The number of rotatable bonds is 4. The highest BCUT2D eigenvalue weighted by molar-refractivity contribution is 6.05. The van der Waals surface area contributed by atoms with Gasteiger partial charge >= 0.3 is 0 Å². The van der Waals surface area contributed by atoms with E-state index in [4.69, 9.17) is 0 Å². The van der Waals surface area contributed by atoms with Crippen molar-refractivity contribution in [2.45, 2.75) is 50.6 Å². The van der Waals surface area contributed by atoms with Gasteiger partial charge in [0.2, 0.25) is 0 Å². The fourth-order valence-corrected chi connectivity index (χ4v) is 5.85. The van der Waals surface area contributed by atoms with E-state index in [1.54, 1.807) is 0 Å². The van der Waals surface area contributed by atoms with E-state index in [2.05, 4.69) is 12.1 Å². The molecule has 144 valence electrons. The van der Waals surface area contributed by atoms with Crippen LogP contribution >= 0.6 is 0 Å². The van der Waals surface area contributed by atoms with Gasteiger partial charge in [0.25, 0.3) is 5.91 Å². The summed E-state index contributed by atoms with van der Waals surface area (Å²) in [6, 6.07) is 16.0. The Labute approximate surface area is 165 Å². The van der Waals surface area contributed by atoms with E-state index in [0.29, 0.717) is 18.4 Å². The molecule has 4 heteroatoms. The van der Waals surface area contributed by atoms with E-state index in [1.165, 1.54) is 5.56 Å². The maximum absolute atomic E-state index is 13.6. The molecule has 2 saturated heterocycles. The number of aliphatic hydroxyl groups is 1. The highest BCUT2D eigenvalue weighted by Crippen LogP contribution is 2.52. The van der Waals surface area contributed by atoms with Gasteiger partial charge in [-0.3, -0.25) is 9.59 Å². The van der Waals surface area contributed by atoms with Gasteiger partial charge in [-0.15, -0.1) is 0 Å². The molecule has 28 heavy (non-hydrogen) atoms. The average molecular weight is 375 g/mol. The largest absolute Gasteiger partial charge is 0.396 e. The predicted molar refractivity (Wildman–Crippen MR) is 106 cm³/mol. The first-order valence-corrected chi connectivity index (χ1v) is 10.3. The maximum atomic E-state index is 13.6. The van der Waals surface area contributed by atoms with Crippen molar-refractivity contribution in [1.82, 2.24) is 4.90 Å². The van der Waals surface area contributed by atoms with Crippen molar-refractivity contribution < 1.29 is 14.7 Å². The number of carbonyl (C=O) groups is 2. The van der Waals surface area contributed by atoms with Crippen molar-refractivity contribution in [3.63, 3.8) is 0 Å². The lowest BCUT2D eigenvalue weighted by Gasteiger charge is -2.36. The molecule has 1 N–H and O–H groups in total. The van der Waals surface area contributed by atoms with Crippen LogP contribution in [0.3, 0.4) is 0 Å². The first kappa shape index (κ1) is 17.6. The molecule has 4 nitrogen and oxygen atoms in total. The second-order valence-electron chi connectivity index (χ2n) is 8.60. The van der Waals surface area contributed by atoms with E-state index in [-0.39, 0.29) is 35.8 Å². The van der Waals surface area contributed by atoms with Gasteiger partial charge < -0.3 is 10.0 Å². The van der Waals surface area contributed by atoms with Gasteiger partial charge in [-0.05, 0) is 49.3 Å². The van der Waals surface area contributed by atoms with Crippen LogP contribution in [0.15, 0.2) is 48.5 Å². The Balaban J connectivity index is 1.47. The van der Waals surface area contributed by atoms with Crippen molar-refractivity contribution in [2.24, 2.45) is 5.41 Å². The van der Waals surface area contributed by atoms with Gasteiger partial charge in [0.15, 0.2) is 5.78 Å². The summed E-state index contributed by atoms with van der Waals surface area (Å²) in [4.78, 5) is 27.7. The number of hydrogen-bond acceptors (Lipinski definition) is 3. The Bertz CT molecular complexity index is 938. The van der Waals surface area contributed by atoms with Crippen molar-refractivity contribution in [3.8, 4) is 0 Å². The number of ketones is 1. The normalized spacial score (nSPS) is 28.0. The summed E-state index contributed by atoms with van der Waals surface area (Å²) in [5.74, 6) is 0.185. The quantitative estimate of drug-likeness (QED) is 0.891. The third kappa shape index (κ3) is 2.55. The van der Waals surface area contributed by atoms with Gasteiger partial charge in [-0.2, -0.15) is 0 Å². The maximum Gasteiger partial charge on any atom is 0.254 e. The Morgan fingerprint density at radius 1 is 1.07 bits per heavy atom. The fraction of sp³-hybridized carbons (Fsp3) is 0.417. The highest BCUT2D eigenvalue weighted by atomic mass is 16.3. The molecular formula is C24H25NO3. The average Bonchev–Trinajstić information content (AvgIpc) is 3.40. The second-order valence-corrected chi connectivity index (χ2v) is 8.60. The van der Waals surface area contributed by atoms with Gasteiger partial charge in [0.05, 0.1) is 6.61 Å². The monoisotopic (exact) mass is 375 g/mol. The van der Waals surface area contributed by atoms with Crippen LogP contribution in [0, 0.1) is 5.41 Å². The van der Waals surface area contributed by atoms with E-state index in [0.717, 1.165) is 36.8 Å². The molecule has 2 aliphatic heterocycles. The van der Waals surface area contributed by atoms with E-state index < -0.39 is 0 Å². The van der Waals surface area contributed by atoms with Crippen LogP contribution in [0.2, 0.25) is 0 Å². The van der Waals surface area contributed by atoms with Crippen LogP contribution in [0.5, 0.6) is 0 Å². The summed E-state index contributed by atoms with van der Waals surface area (Å²) in [5.41, 5.74) is 3.27. The Morgan fingerprint density at radius 3 is 2.68 bits per heavy atom. The SMILES string of the molecule is O=C1CCc2c1cccc2C(=O)N1[C@H]2CC[C@@H]1[C@@](CO)(Cc1ccccc1)C2. The lowest BCUT2D eigenvalue weighted by Crippen LogP contribution is -2.44. The standard InChI is InChI=1S/C24H25NO3/c26-15-24(13-16-5-2-1-3-6-16)14-17-9-12-22(24)25(17)23(28)20-8-4-7-19-18(20)10-11-21(19)27/h1-8,17,22,26H,9-15H2/t17-,22+,24-/m0/s1. The third-order valence-corrected chi connectivity index (χ3v) is 7.11. The number of nitrogens with zero attached hydrogens (tertiary/aromatic N) is 1. The molecule has 2 fully saturated rings. The first-order chi connectivity index (χ1) is 13.6. The zero-order chi connectivity index (χ0) is 19.3. The smallest absolute Gasteiger partial charge is 0.254 e. The van der Waals surface area contributed by atoms with Crippen LogP contribution in [-0.2, 0) is 12.8 Å². The number of aliphatic hydroxyl groups excluding tert-OH is 1. The summed E-state index contributed by atoms with van der Waals surface area (Å²) < 4.78 is 0. The molecule has 2 bridgehead atoms. The van der Waals surface area contributed by atoms with Crippen LogP contribution in [-0.4, -0.2) is 40.4 Å². The molecule has 2 aromatic carbocycles. The zero-order valence-electron chi connectivity index (χ0n) is 15.9. The topological polar surface area (TPSA) is 57.6 Å². The molecule has 2 aromatic rings. The molecule has 0 radical (unpaired) electrons. The summed E-state index contributed by atoms with van der Waals surface area (Å²) in [7, 11) is 0. The van der Waals surface area contributed by atoms with Gasteiger partial charge in [0.1, 0.15) is 0 Å². The third-order valence-electron chi connectivity index (χ3n) is 7.11. The van der Waals surface area contributed by atoms with E-state index in [1.807, 2.05) is 41.3 Å². The molecule has 5 rings (SSSR count). The minimum absolute atomic E-state index is 0.0439. The molecule has 0 spiro atoms. The summed E-state index contributed by atoms with van der Waals surface area (Å²) in [6.45, 7) is 0.0955. The minimum atomic E-state index is -0.270. The molecule has 1 aliphatic carbocycles. The van der Waals surface area contributed by atoms with E-state index >= 15 is 0 Å². The number of benzene rings is 2. The molecule has 0 unspecified atom stereocenters. The van der Waals surface area contributed by atoms with E-state index in [9.17, 15) is 14.7 Å². The fourth-order valence-electron chi connectivity index (χ4n) is 5.85. The number of carbonyl (C=O) groups excluding carboxylic acids is 2. The van der Waals surface area contributed by atoms with Crippen molar-refractivity contribution in [3.05, 3.63) is 70.8 Å². The highest BCUT2D eigenvalue weighted by Gasteiger charge is 2.57. The van der Waals surface area contributed by atoms with Crippen LogP contribution in [0.4, 0.5) is 0 Å². The number of Topliss-reactive ketones (excluding diaryl/α,β-unsaturated/α-hetero) is 1. The molecular weight excluding hydrogens is 350 g/mol. The molecule has 0 aromatic heterocycles. The van der Waals surface area contributed by atoms with Crippen molar-refractivity contribution in [1.29, 1.82) is 0 Å². The lowest BCUT2D eigenvalue weighted by molar-refractivity contribution is 0.0570. The van der Waals surface area contributed by atoms with Crippen LogP contribution in [0.1, 0.15) is 57.5 Å². The first-order valence-electron chi connectivity index (χ1n) is 10.3.